The highest BCUT2D eigenvalue weighted by atomic mass is 16.2. The Morgan fingerprint density at radius 2 is 0.778 bits per heavy atom. The molecular weight excluding hydrogens is 332 g/mol. The summed E-state index contributed by atoms with van der Waals surface area (Å²) in [7, 11) is 0. The van der Waals surface area contributed by atoms with Gasteiger partial charge in [-0.05, 0) is 6.42 Å². The van der Waals surface area contributed by atoms with E-state index in [1.165, 1.54) is 122 Å². The summed E-state index contributed by atoms with van der Waals surface area (Å²) in [5.41, 5.74) is 2.19. The molecular formula is C24H50N2O. The van der Waals surface area contributed by atoms with Gasteiger partial charge in [0.25, 0.3) is 0 Å². The maximum atomic E-state index is 11.0. The lowest BCUT2D eigenvalue weighted by molar-refractivity contribution is -0.121. The highest BCUT2D eigenvalue weighted by molar-refractivity contribution is 5.74. The lowest BCUT2D eigenvalue weighted by atomic mass is 10.0. The van der Waals surface area contributed by atoms with Gasteiger partial charge >= 0.3 is 0 Å². The molecule has 1 amide bonds. The number of hydrogen-bond donors (Lipinski definition) is 2. The fourth-order valence-electron chi connectivity index (χ4n) is 3.79. The second-order valence-electron chi connectivity index (χ2n) is 8.39. The molecule has 0 saturated carbocycles. The third-order valence-electron chi connectivity index (χ3n) is 5.67. The summed E-state index contributed by atoms with van der Waals surface area (Å²) < 4.78 is 0. The van der Waals surface area contributed by atoms with E-state index in [1.54, 1.807) is 0 Å². The monoisotopic (exact) mass is 382 g/mol. The molecule has 3 N–H and O–H groups in total. The van der Waals surface area contributed by atoms with E-state index >= 15 is 0 Å². The minimum atomic E-state index is -0.0344. The minimum Gasteiger partial charge on any atom is -0.294 e. The molecule has 0 saturated heterocycles. The predicted molar refractivity (Wildman–Crippen MR) is 120 cm³/mol. The molecule has 0 radical (unpaired) electrons. The van der Waals surface area contributed by atoms with Crippen molar-refractivity contribution in [2.24, 2.45) is 5.84 Å². The van der Waals surface area contributed by atoms with Crippen molar-refractivity contribution in [3.8, 4) is 0 Å². The Kier molecular flexibility index (Phi) is 23.0. The van der Waals surface area contributed by atoms with E-state index in [2.05, 4.69) is 12.3 Å². The van der Waals surface area contributed by atoms with Crippen LogP contribution in [0.25, 0.3) is 0 Å². The maximum absolute atomic E-state index is 11.0. The predicted octanol–water partition coefficient (Wildman–Crippen LogP) is 7.58. The van der Waals surface area contributed by atoms with E-state index in [0.717, 1.165) is 12.8 Å². The van der Waals surface area contributed by atoms with Crippen molar-refractivity contribution in [3.05, 3.63) is 0 Å². The molecule has 0 aromatic carbocycles. The second-order valence-corrected chi connectivity index (χ2v) is 8.39. The van der Waals surface area contributed by atoms with Gasteiger partial charge in [0.1, 0.15) is 0 Å². The highest BCUT2D eigenvalue weighted by Gasteiger charge is 1.98. The van der Waals surface area contributed by atoms with Gasteiger partial charge < -0.3 is 0 Å². The molecule has 0 bridgehead atoms. The number of nitrogens with one attached hydrogen (secondary N) is 1. The van der Waals surface area contributed by atoms with Gasteiger partial charge in [-0.3, -0.25) is 10.2 Å². The van der Waals surface area contributed by atoms with Crippen molar-refractivity contribution in [2.45, 2.75) is 148 Å². The summed E-state index contributed by atoms with van der Waals surface area (Å²) >= 11 is 0. The topological polar surface area (TPSA) is 55.1 Å². The van der Waals surface area contributed by atoms with Crippen molar-refractivity contribution >= 4 is 5.91 Å². The molecule has 0 aliphatic rings. The Labute approximate surface area is 170 Å². The quantitative estimate of drug-likeness (QED) is 0.0877. The van der Waals surface area contributed by atoms with Crippen LogP contribution >= 0.6 is 0 Å². The van der Waals surface area contributed by atoms with Gasteiger partial charge in [-0.1, -0.05) is 135 Å². The number of amides is 1. The Morgan fingerprint density at radius 3 is 1.04 bits per heavy atom. The fourth-order valence-corrected chi connectivity index (χ4v) is 3.79. The molecule has 0 aliphatic carbocycles. The van der Waals surface area contributed by atoms with Crippen LogP contribution in [0.2, 0.25) is 0 Å². The summed E-state index contributed by atoms with van der Waals surface area (Å²) in [6, 6.07) is 0. The molecule has 3 heteroatoms. The van der Waals surface area contributed by atoms with Gasteiger partial charge in [-0.15, -0.1) is 0 Å². The van der Waals surface area contributed by atoms with Crippen LogP contribution in [-0.4, -0.2) is 5.91 Å². The second kappa shape index (κ2) is 23.5. The Bertz CT molecular complexity index is 294. The number of carbonyl (C=O) groups excluding carboxylic acids is 1. The summed E-state index contributed by atoms with van der Waals surface area (Å²) in [4.78, 5) is 11.0. The van der Waals surface area contributed by atoms with Crippen LogP contribution in [0.4, 0.5) is 0 Å². The molecule has 0 heterocycles. The van der Waals surface area contributed by atoms with Crippen LogP contribution in [0.3, 0.4) is 0 Å². The number of unbranched alkanes of at least 4 members (excludes halogenated alkanes) is 20. The van der Waals surface area contributed by atoms with Gasteiger partial charge in [0, 0.05) is 6.42 Å². The van der Waals surface area contributed by atoms with Crippen LogP contribution in [0.1, 0.15) is 148 Å². The van der Waals surface area contributed by atoms with Gasteiger partial charge in [0.15, 0.2) is 0 Å². The molecule has 0 atom stereocenters. The van der Waals surface area contributed by atoms with Gasteiger partial charge in [0.05, 0.1) is 0 Å². The molecule has 0 fully saturated rings. The normalized spacial score (nSPS) is 11.0. The van der Waals surface area contributed by atoms with Crippen molar-refractivity contribution < 1.29 is 4.79 Å². The van der Waals surface area contributed by atoms with Crippen LogP contribution in [-0.2, 0) is 4.79 Å². The molecule has 0 aromatic heterocycles. The van der Waals surface area contributed by atoms with E-state index < -0.39 is 0 Å². The van der Waals surface area contributed by atoms with Crippen molar-refractivity contribution in [1.82, 2.24) is 5.43 Å². The summed E-state index contributed by atoms with van der Waals surface area (Å²) in [6.45, 7) is 2.29. The fraction of sp³-hybridized carbons (Fsp3) is 0.958. The molecule has 0 spiro atoms. The average molecular weight is 383 g/mol. The average Bonchev–Trinajstić information content (AvgIpc) is 2.68. The van der Waals surface area contributed by atoms with Crippen LogP contribution < -0.4 is 11.3 Å². The largest absolute Gasteiger partial charge is 0.294 e. The highest BCUT2D eigenvalue weighted by Crippen LogP contribution is 2.15. The first-order valence-electron chi connectivity index (χ1n) is 12.3. The van der Waals surface area contributed by atoms with E-state index in [1.807, 2.05) is 0 Å². The lowest BCUT2D eigenvalue weighted by Gasteiger charge is -2.04. The standard InChI is InChI=1S/C24H50N2O/c1-2-3-4-5-6-7-8-9-10-11-12-13-14-15-16-17-18-19-20-21-22-23-24(27)26-25/h2-23,25H2,1H3,(H,26,27). The van der Waals surface area contributed by atoms with Crippen molar-refractivity contribution in [1.29, 1.82) is 0 Å². The molecule has 162 valence electrons. The van der Waals surface area contributed by atoms with Crippen LogP contribution in [0, 0.1) is 0 Å². The molecule has 0 aliphatic heterocycles. The first kappa shape index (κ1) is 26.4. The van der Waals surface area contributed by atoms with Gasteiger partial charge in [0.2, 0.25) is 5.91 Å². The van der Waals surface area contributed by atoms with E-state index in [4.69, 9.17) is 5.84 Å². The van der Waals surface area contributed by atoms with E-state index in [-0.39, 0.29) is 5.91 Å². The molecule has 0 unspecified atom stereocenters. The maximum Gasteiger partial charge on any atom is 0.233 e. The van der Waals surface area contributed by atoms with Gasteiger partial charge in [-0.25, -0.2) is 5.84 Å². The van der Waals surface area contributed by atoms with E-state index in [9.17, 15) is 4.79 Å². The first-order valence-corrected chi connectivity index (χ1v) is 12.3. The summed E-state index contributed by atoms with van der Waals surface area (Å²) in [6.07, 6.45) is 29.7. The van der Waals surface area contributed by atoms with Crippen molar-refractivity contribution in [2.75, 3.05) is 0 Å². The lowest BCUT2D eigenvalue weighted by Crippen LogP contribution is -2.29. The number of carbonyl (C=O) groups is 1. The zero-order chi connectivity index (χ0) is 19.8. The molecule has 3 nitrogen and oxygen atoms in total. The van der Waals surface area contributed by atoms with Gasteiger partial charge in [-0.2, -0.15) is 0 Å². The Hall–Kier alpha value is -0.570. The number of hydrogen-bond acceptors (Lipinski definition) is 2. The summed E-state index contributed by atoms with van der Waals surface area (Å²) in [5.74, 6) is 5.03. The third kappa shape index (κ3) is 23.4. The molecule has 0 rings (SSSR count). The molecule has 27 heavy (non-hydrogen) atoms. The van der Waals surface area contributed by atoms with Crippen LogP contribution in [0.5, 0.6) is 0 Å². The number of hydrazine groups is 1. The van der Waals surface area contributed by atoms with E-state index in [0.29, 0.717) is 6.42 Å². The smallest absolute Gasteiger partial charge is 0.233 e. The third-order valence-corrected chi connectivity index (χ3v) is 5.67. The zero-order valence-corrected chi connectivity index (χ0v) is 18.5. The van der Waals surface area contributed by atoms with Crippen LogP contribution in [0.15, 0.2) is 0 Å². The molecule has 0 aromatic rings. The number of nitrogens with two attached hydrogens (primary N) is 1. The summed E-state index contributed by atoms with van der Waals surface area (Å²) in [5, 5.41) is 0. The van der Waals surface area contributed by atoms with Crippen molar-refractivity contribution in [3.63, 3.8) is 0 Å². The Balaban J connectivity index is 3.00. The SMILES string of the molecule is CCCCCCCCCCCCCCCCCCCCCCCC(=O)NN. The number of rotatable bonds is 22. The Morgan fingerprint density at radius 1 is 0.519 bits per heavy atom. The zero-order valence-electron chi connectivity index (χ0n) is 18.5. The first-order chi connectivity index (χ1) is 13.3. The minimum absolute atomic E-state index is 0.0344.